The number of nitrogens with one attached hydrogen (secondary N) is 3. The summed E-state index contributed by atoms with van der Waals surface area (Å²) in [6, 6.07) is -0.467. The summed E-state index contributed by atoms with van der Waals surface area (Å²) in [6.07, 6.45) is 2.40. The summed E-state index contributed by atoms with van der Waals surface area (Å²) in [4.78, 5) is 23.2. The van der Waals surface area contributed by atoms with Crippen LogP contribution >= 0.6 is 23.1 Å². The summed E-state index contributed by atoms with van der Waals surface area (Å²) >= 11 is 2.64. The van der Waals surface area contributed by atoms with Crippen molar-refractivity contribution in [2.45, 2.75) is 37.1 Å². The number of aromatic nitrogens is 2. The van der Waals surface area contributed by atoms with Gasteiger partial charge in [-0.1, -0.05) is 36.9 Å². The van der Waals surface area contributed by atoms with Crippen molar-refractivity contribution in [3.63, 3.8) is 0 Å². The molecule has 1 aliphatic rings. The van der Waals surface area contributed by atoms with E-state index in [0.717, 1.165) is 26.0 Å². The van der Waals surface area contributed by atoms with Crippen LogP contribution in [0.5, 0.6) is 0 Å². The molecule has 1 atom stereocenters. The Hall–Kier alpha value is -1.39. The molecule has 0 spiro atoms. The summed E-state index contributed by atoms with van der Waals surface area (Å²) in [5.74, 6) is 0.0997. The first-order valence-corrected chi connectivity index (χ1v) is 9.72. The maximum Gasteiger partial charge on any atom is 0.321 e. The smallest absolute Gasteiger partial charge is 0.321 e. The molecular formula is C14H23N5O3S2. The lowest BCUT2D eigenvalue weighted by molar-refractivity contribution is -0.117. The lowest BCUT2D eigenvalue weighted by atomic mass is 10.2. The van der Waals surface area contributed by atoms with Gasteiger partial charge >= 0.3 is 6.03 Å². The summed E-state index contributed by atoms with van der Waals surface area (Å²) in [5, 5.41) is 16.9. The molecule has 1 saturated heterocycles. The van der Waals surface area contributed by atoms with E-state index in [1.54, 1.807) is 0 Å². The minimum Gasteiger partial charge on any atom is -0.376 e. The van der Waals surface area contributed by atoms with E-state index in [1.807, 2.05) is 13.8 Å². The monoisotopic (exact) mass is 373 g/mol. The van der Waals surface area contributed by atoms with Gasteiger partial charge in [0.15, 0.2) is 4.34 Å². The van der Waals surface area contributed by atoms with Crippen LogP contribution in [0.25, 0.3) is 0 Å². The summed E-state index contributed by atoms with van der Waals surface area (Å²) in [7, 11) is 0. The van der Waals surface area contributed by atoms with E-state index < -0.39 is 6.03 Å². The highest BCUT2D eigenvalue weighted by atomic mass is 32.2. The van der Waals surface area contributed by atoms with E-state index in [-0.39, 0.29) is 17.8 Å². The van der Waals surface area contributed by atoms with Gasteiger partial charge in [-0.25, -0.2) is 4.79 Å². The largest absolute Gasteiger partial charge is 0.376 e. The number of hydrogen-bond acceptors (Lipinski definition) is 8. The third kappa shape index (κ3) is 7.02. The zero-order chi connectivity index (χ0) is 17.4. The minimum atomic E-state index is -0.467. The third-order valence-electron chi connectivity index (χ3n) is 3.16. The van der Waals surface area contributed by atoms with Crippen LogP contribution in [0, 0.1) is 5.92 Å². The van der Waals surface area contributed by atoms with Crippen LogP contribution in [0.15, 0.2) is 4.34 Å². The number of nitrogens with zero attached hydrogens (tertiary/aromatic N) is 2. The molecule has 0 radical (unpaired) electrons. The van der Waals surface area contributed by atoms with Gasteiger partial charge in [0, 0.05) is 19.7 Å². The number of rotatable bonds is 8. The number of imide groups is 1. The number of anilines is 1. The van der Waals surface area contributed by atoms with Crippen molar-refractivity contribution in [1.82, 2.24) is 20.8 Å². The molecule has 1 aliphatic heterocycles. The third-order valence-corrected chi connectivity index (χ3v) is 5.18. The second-order valence-corrected chi connectivity index (χ2v) is 8.03. The van der Waals surface area contributed by atoms with E-state index in [2.05, 4.69) is 26.1 Å². The molecule has 10 heteroatoms. The molecule has 0 aromatic carbocycles. The van der Waals surface area contributed by atoms with Gasteiger partial charge in [-0.05, 0) is 18.8 Å². The molecule has 8 nitrogen and oxygen atoms in total. The Morgan fingerprint density at radius 3 is 2.96 bits per heavy atom. The Kier molecular flexibility index (Phi) is 7.73. The van der Waals surface area contributed by atoms with Gasteiger partial charge in [0.1, 0.15) is 0 Å². The predicted molar refractivity (Wildman–Crippen MR) is 94.5 cm³/mol. The lowest BCUT2D eigenvalue weighted by Gasteiger charge is -2.08. The fourth-order valence-electron chi connectivity index (χ4n) is 1.98. The van der Waals surface area contributed by atoms with Gasteiger partial charge in [0.25, 0.3) is 0 Å². The van der Waals surface area contributed by atoms with E-state index in [9.17, 15) is 9.59 Å². The van der Waals surface area contributed by atoms with Crippen LogP contribution < -0.4 is 16.0 Å². The fraction of sp³-hybridized carbons (Fsp3) is 0.714. The molecule has 3 N–H and O–H groups in total. The van der Waals surface area contributed by atoms with Crippen LogP contribution in [-0.4, -0.2) is 53.7 Å². The van der Waals surface area contributed by atoms with Crippen molar-refractivity contribution < 1.29 is 14.3 Å². The lowest BCUT2D eigenvalue weighted by Crippen LogP contribution is -2.41. The first kappa shape index (κ1) is 18.9. The fourth-order valence-corrected chi connectivity index (χ4v) is 3.54. The van der Waals surface area contributed by atoms with Crippen molar-refractivity contribution >= 4 is 40.2 Å². The maximum atomic E-state index is 11.7. The number of ether oxygens (including phenoxy) is 1. The SMILES string of the molecule is CC(C)CNC(=O)NC(=O)CSc1nnc(NCC2CCCO2)s1. The number of urea groups is 1. The number of carbonyl (C=O) groups excluding carboxylic acids is 2. The van der Waals surface area contributed by atoms with Gasteiger partial charge < -0.3 is 15.4 Å². The second kappa shape index (κ2) is 9.80. The van der Waals surface area contributed by atoms with Crippen molar-refractivity contribution in [3.05, 3.63) is 0 Å². The molecule has 0 bridgehead atoms. The highest BCUT2D eigenvalue weighted by Crippen LogP contribution is 2.25. The summed E-state index contributed by atoms with van der Waals surface area (Å²) in [5.41, 5.74) is 0. The number of carbonyl (C=O) groups is 2. The van der Waals surface area contributed by atoms with Gasteiger partial charge in [-0.3, -0.25) is 10.1 Å². The molecule has 1 fully saturated rings. The normalized spacial score (nSPS) is 17.0. The van der Waals surface area contributed by atoms with Crippen LogP contribution in [0.2, 0.25) is 0 Å². The Morgan fingerprint density at radius 2 is 2.25 bits per heavy atom. The zero-order valence-electron chi connectivity index (χ0n) is 13.8. The topological polar surface area (TPSA) is 105 Å². The van der Waals surface area contributed by atoms with Crippen LogP contribution in [0.3, 0.4) is 0 Å². The Morgan fingerprint density at radius 1 is 1.42 bits per heavy atom. The molecule has 1 aromatic heterocycles. The average Bonchev–Trinajstić information content (AvgIpc) is 3.20. The number of thioether (sulfide) groups is 1. The van der Waals surface area contributed by atoms with Crippen molar-refractivity contribution in [2.75, 3.05) is 30.8 Å². The number of amides is 3. The van der Waals surface area contributed by atoms with Crippen LogP contribution in [-0.2, 0) is 9.53 Å². The van der Waals surface area contributed by atoms with Crippen molar-refractivity contribution in [3.8, 4) is 0 Å². The second-order valence-electron chi connectivity index (χ2n) is 5.83. The van der Waals surface area contributed by atoms with Gasteiger partial charge in [0.2, 0.25) is 11.0 Å². The quantitative estimate of drug-likeness (QED) is 0.596. The number of hydrogen-bond donors (Lipinski definition) is 3. The minimum absolute atomic E-state index is 0.121. The Bertz CT molecular complexity index is 546. The van der Waals surface area contributed by atoms with Crippen molar-refractivity contribution in [2.24, 2.45) is 5.92 Å². The zero-order valence-corrected chi connectivity index (χ0v) is 15.5. The van der Waals surface area contributed by atoms with E-state index in [0.29, 0.717) is 21.9 Å². The van der Waals surface area contributed by atoms with Crippen LogP contribution in [0.1, 0.15) is 26.7 Å². The molecule has 2 rings (SSSR count). The molecule has 0 aliphatic carbocycles. The van der Waals surface area contributed by atoms with E-state index in [1.165, 1.54) is 23.1 Å². The van der Waals surface area contributed by atoms with Gasteiger partial charge in [0.05, 0.1) is 11.9 Å². The Labute approximate surface area is 149 Å². The molecule has 1 unspecified atom stereocenters. The first-order chi connectivity index (χ1) is 11.5. The standard InChI is InChI=1S/C14H23N5O3S2/c1-9(2)6-15-12(21)17-11(20)8-23-14-19-18-13(24-14)16-7-10-4-3-5-22-10/h9-10H,3-8H2,1-2H3,(H,16,18)(H2,15,17,20,21). The maximum absolute atomic E-state index is 11.7. The Balaban J connectivity index is 1.64. The highest BCUT2D eigenvalue weighted by Gasteiger charge is 2.16. The molecular weight excluding hydrogens is 350 g/mol. The van der Waals surface area contributed by atoms with E-state index in [4.69, 9.17) is 4.74 Å². The average molecular weight is 374 g/mol. The van der Waals surface area contributed by atoms with Gasteiger partial charge in [-0.2, -0.15) is 0 Å². The molecule has 1 aromatic rings. The summed E-state index contributed by atoms with van der Waals surface area (Å²) in [6.45, 7) is 6.04. The van der Waals surface area contributed by atoms with Crippen molar-refractivity contribution in [1.29, 1.82) is 0 Å². The molecule has 0 saturated carbocycles. The molecule has 24 heavy (non-hydrogen) atoms. The molecule has 2 heterocycles. The highest BCUT2D eigenvalue weighted by molar-refractivity contribution is 8.01. The first-order valence-electron chi connectivity index (χ1n) is 7.92. The van der Waals surface area contributed by atoms with Crippen LogP contribution in [0.4, 0.5) is 9.93 Å². The van der Waals surface area contributed by atoms with Gasteiger partial charge in [-0.15, -0.1) is 10.2 Å². The predicted octanol–water partition coefficient (Wildman–Crippen LogP) is 1.70. The van der Waals surface area contributed by atoms with E-state index >= 15 is 0 Å². The molecule has 134 valence electrons. The summed E-state index contributed by atoms with van der Waals surface area (Å²) < 4.78 is 6.21. The molecule has 3 amide bonds.